The molecule has 0 aromatic heterocycles. The molecule has 0 aromatic rings. The summed E-state index contributed by atoms with van der Waals surface area (Å²) in [6.45, 7) is 4.13. The highest BCUT2D eigenvalue weighted by atomic mass is 79.9. The molecule has 0 bridgehead atoms. The largest absolute Gasteiger partial charge is 0.465 e. The Balaban J connectivity index is 3.35. The fourth-order valence-corrected chi connectivity index (χ4v) is 1.04. The van der Waals surface area contributed by atoms with E-state index in [2.05, 4.69) is 31.9 Å². The predicted molar refractivity (Wildman–Crippen MR) is 67.9 cm³/mol. The summed E-state index contributed by atoms with van der Waals surface area (Å²) >= 11 is 6.22. The molecule has 0 saturated heterocycles. The molecular formula is C10H16Br2O4. The Morgan fingerprint density at radius 1 is 0.938 bits per heavy atom. The Kier molecular flexibility index (Phi) is 8.93. The number of rotatable bonds is 7. The fraction of sp³-hybridized carbons (Fsp3) is 0.800. The number of hydrogen-bond acceptors (Lipinski definition) is 4. The predicted octanol–water partition coefficient (Wildman–Crippen LogP) is 2.42. The van der Waals surface area contributed by atoms with Gasteiger partial charge in [-0.1, -0.05) is 31.9 Å². The standard InChI is InChI=1S/C10H16Br2O4/c1-7(11)9(13)15-5-3-4-6-16-10(14)8(2)12/h7-8H,3-6H2,1-2H3/t7-,8+. The monoisotopic (exact) mass is 358 g/mol. The second-order valence-corrected chi connectivity index (χ2v) is 6.02. The lowest BCUT2D eigenvalue weighted by Gasteiger charge is -2.07. The Labute approximate surface area is 112 Å². The molecule has 0 aliphatic rings. The van der Waals surface area contributed by atoms with E-state index in [4.69, 9.17) is 9.47 Å². The lowest BCUT2D eigenvalue weighted by Crippen LogP contribution is -2.16. The first-order chi connectivity index (χ1) is 7.45. The number of hydrogen-bond donors (Lipinski definition) is 0. The minimum atomic E-state index is -0.278. The number of ether oxygens (including phenoxy) is 2. The molecule has 16 heavy (non-hydrogen) atoms. The van der Waals surface area contributed by atoms with Gasteiger partial charge in [-0.2, -0.15) is 0 Å². The minimum Gasteiger partial charge on any atom is -0.465 e. The first kappa shape index (κ1) is 15.9. The first-order valence-corrected chi connectivity index (χ1v) is 6.89. The van der Waals surface area contributed by atoms with Crippen LogP contribution in [0.2, 0.25) is 0 Å². The van der Waals surface area contributed by atoms with Gasteiger partial charge in [0.2, 0.25) is 0 Å². The third kappa shape index (κ3) is 8.10. The lowest BCUT2D eigenvalue weighted by molar-refractivity contribution is -0.145. The zero-order valence-electron chi connectivity index (χ0n) is 9.37. The van der Waals surface area contributed by atoms with Crippen molar-refractivity contribution in [3.63, 3.8) is 0 Å². The van der Waals surface area contributed by atoms with Gasteiger partial charge in [0.1, 0.15) is 9.65 Å². The van der Waals surface area contributed by atoms with Crippen molar-refractivity contribution in [3.8, 4) is 0 Å². The Morgan fingerprint density at radius 2 is 1.25 bits per heavy atom. The molecule has 0 amide bonds. The molecule has 0 spiro atoms. The van der Waals surface area contributed by atoms with Crippen LogP contribution in [0.3, 0.4) is 0 Å². The molecule has 0 unspecified atom stereocenters. The smallest absolute Gasteiger partial charge is 0.319 e. The van der Waals surface area contributed by atoms with Crippen molar-refractivity contribution < 1.29 is 19.1 Å². The molecule has 0 fully saturated rings. The topological polar surface area (TPSA) is 52.6 Å². The molecule has 2 atom stereocenters. The van der Waals surface area contributed by atoms with E-state index in [0.717, 1.165) is 0 Å². The van der Waals surface area contributed by atoms with E-state index in [9.17, 15) is 9.59 Å². The van der Waals surface area contributed by atoms with Crippen molar-refractivity contribution in [1.82, 2.24) is 0 Å². The van der Waals surface area contributed by atoms with Crippen LogP contribution in [-0.2, 0) is 19.1 Å². The molecule has 0 aliphatic carbocycles. The molecule has 0 aromatic carbocycles. The van der Waals surface area contributed by atoms with Gasteiger partial charge in [0.25, 0.3) is 0 Å². The molecule has 0 rings (SSSR count). The summed E-state index contributed by atoms with van der Waals surface area (Å²) in [4.78, 5) is 21.5. The summed E-state index contributed by atoms with van der Waals surface area (Å²) < 4.78 is 9.84. The molecule has 0 saturated carbocycles. The number of carbonyl (C=O) groups excluding carboxylic acids is 2. The van der Waals surface area contributed by atoms with Crippen molar-refractivity contribution in [2.24, 2.45) is 0 Å². The summed E-state index contributed by atoms with van der Waals surface area (Å²) in [7, 11) is 0. The summed E-state index contributed by atoms with van der Waals surface area (Å²) in [6.07, 6.45) is 1.38. The van der Waals surface area contributed by atoms with Crippen LogP contribution in [0.15, 0.2) is 0 Å². The van der Waals surface area contributed by atoms with Gasteiger partial charge < -0.3 is 9.47 Å². The third-order valence-electron chi connectivity index (χ3n) is 1.68. The van der Waals surface area contributed by atoms with Crippen LogP contribution in [0.25, 0.3) is 0 Å². The van der Waals surface area contributed by atoms with Gasteiger partial charge in [0.05, 0.1) is 13.2 Å². The van der Waals surface area contributed by atoms with E-state index in [1.54, 1.807) is 13.8 Å². The van der Waals surface area contributed by atoms with Crippen molar-refractivity contribution in [1.29, 1.82) is 0 Å². The van der Waals surface area contributed by atoms with Gasteiger partial charge in [-0.3, -0.25) is 9.59 Å². The number of carbonyl (C=O) groups is 2. The molecule has 0 aliphatic heterocycles. The minimum absolute atomic E-state index is 0.272. The van der Waals surface area contributed by atoms with Gasteiger partial charge in [0.15, 0.2) is 0 Å². The van der Waals surface area contributed by atoms with Gasteiger partial charge in [-0.15, -0.1) is 0 Å². The second kappa shape index (κ2) is 8.98. The van der Waals surface area contributed by atoms with Gasteiger partial charge in [0, 0.05) is 0 Å². The summed E-state index contributed by atoms with van der Waals surface area (Å²) in [6, 6.07) is 0. The summed E-state index contributed by atoms with van der Waals surface area (Å²) in [5.41, 5.74) is 0. The van der Waals surface area contributed by atoms with Gasteiger partial charge in [-0.25, -0.2) is 0 Å². The van der Waals surface area contributed by atoms with Crippen LogP contribution in [0.4, 0.5) is 0 Å². The highest BCUT2D eigenvalue weighted by molar-refractivity contribution is 9.10. The normalized spacial score (nSPS) is 14.0. The van der Waals surface area contributed by atoms with E-state index >= 15 is 0 Å². The fourth-order valence-electron chi connectivity index (χ4n) is 0.779. The highest BCUT2D eigenvalue weighted by Crippen LogP contribution is 2.03. The molecule has 0 N–H and O–H groups in total. The van der Waals surface area contributed by atoms with E-state index in [-0.39, 0.29) is 21.6 Å². The Morgan fingerprint density at radius 3 is 1.50 bits per heavy atom. The number of alkyl halides is 2. The maximum absolute atomic E-state index is 11.0. The average Bonchev–Trinajstić information content (AvgIpc) is 2.21. The van der Waals surface area contributed by atoms with Crippen LogP contribution in [0.1, 0.15) is 26.7 Å². The molecular weight excluding hydrogens is 344 g/mol. The Bertz CT molecular complexity index is 205. The van der Waals surface area contributed by atoms with Crippen LogP contribution < -0.4 is 0 Å². The Hall–Kier alpha value is -0.100. The summed E-state index contributed by atoms with van der Waals surface area (Å²) in [5, 5.41) is 0. The van der Waals surface area contributed by atoms with E-state index in [0.29, 0.717) is 26.1 Å². The SMILES string of the molecule is C[C@H](Br)C(=O)OCCCCOC(=O)[C@@H](C)Br. The zero-order chi connectivity index (χ0) is 12.6. The van der Waals surface area contributed by atoms with Crippen molar-refractivity contribution in [3.05, 3.63) is 0 Å². The summed E-state index contributed by atoms with van der Waals surface area (Å²) in [5.74, 6) is -0.544. The van der Waals surface area contributed by atoms with Crippen LogP contribution in [0.5, 0.6) is 0 Å². The quantitative estimate of drug-likeness (QED) is 0.398. The maximum atomic E-state index is 11.0. The number of esters is 2. The molecule has 0 radical (unpaired) electrons. The van der Waals surface area contributed by atoms with E-state index < -0.39 is 0 Å². The van der Waals surface area contributed by atoms with Crippen molar-refractivity contribution in [2.45, 2.75) is 36.3 Å². The van der Waals surface area contributed by atoms with Crippen LogP contribution in [-0.4, -0.2) is 34.8 Å². The van der Waals surface area contributed by atoms with E-state index in [1.165, 1.54) is 0 Å². The van der Waals surface area contributed by atoms with Crippen molar-refractivity contribution in [2.75, 3.05) is 13.2 Å². The lowest BCUT2D eigenvalue weighted by atomic mass is 10.3. The molecule has 4 nitrogen and oxygen atoms in total. The first-order valence-electron chi connectivity index (χ1n) is 5.06. The van der Waals surface area contributed by atoms with Crippen LogP contribution >= 0.6 is 31.9 Å². The van der Waals surface area contributed by atoms with Gasteiger partial charge >= 0.3 is 11.9 Å². The van der Waals surface area contributed by atoms with E-state index in [1.807, 2.05) is 0 Å². The van der Waals surface area contributed by atoms with Crippen molar-refractivity contribution >= 4 is 43.8 Å². The number of halogens is 2. The second-order valence-electron chi connectivity index (χ2n) is 3.27. The average molecular weight is 360 g/mol. The highest BCUT2D eigenvalue weighted by Gasteiger charge is 2.10. The molecule has 0 heterocycles. The van der Waals surface area contributed by atoms with Crippen LogP contribution in [0, 0.1) is 0 Å². The molecule has 94 valence electrons. The maximum Gasteiger partial charge on any atom is 0.319 e. The van der Waals surface area contributed by atoms with Gasteiger partial charge in [-0.05, 0) is 26.7 Å². The number of unbranched alkanes of at least 4 members (excludes halogenated alkanes) is 1. The molecule has 6 heteroatoms. The zero-order valence-corrected chi connectivity index (χ0v) is 12.5. The third-order valence-corrected chi connectivity index (χ3v) is 2.42.